The Morgan fingerprint density at radius 2 is 2.27 bits per heavy atom. The molecule has 0 aliphatic rings. The third kappa shape index (κ3) is 4.13. The molecule has 1 rings (SSSR count). The highest BCUT2D eigenvalue weighted by molar-refractivity contribution is 6.30. The molecule has 0 radical (unpaired) electrons. The predicted molar refractivity (Wildman–Crippen MR) is 57.3 cm³/mol. The Morgan fingerprint density at radius 1 is 1.53 bits per heavy atom. The van der Waals surface area contributed by atoms with E-state index < -0.39 is 11.8 Å². The molecule has 0 aliphatic carbocycles. The third-order valence-corrected chi connectivity index (χ3v) is 2.09. The van der Waals surface area contributed by atoms with E-state index in [4.69, 9.17) is 16.7 Å². The lowest BCUT2D eigenvalue weighted by Crippen LogP contribution is -1.91. The molecule has 0 aliphatic heterocycles. The molecule has 0 atom stereocenters. The van der Waals surface area contributed by atoms with E-state index in [9.17, 15) is 9.18 Å². The lowest BCUT2D eigenvalue weighted by Gasteiger charge is -1.96. The van der Waals surface area contributed by atoms with Gasteiger partial charge in [-0.1, -0.05) is 29.8 Å². The molecule has 15 heavy (non-hydrogen) atoms. The van der Waals surface area contributed by atoms with E-state index in [0.717, 1.165) is 0 Å². The van der Waals surface area contributed by atoms with Gasteiger partial charge in [-0.25, -0.2) is 4.39 Å². The molecule has 80 valence electrons. The molecule has 0 amide bonds. The van der Waals surface area contributed by atoms with Crippen LogP contribution in [-0.2, 0) is 4.79 Å². The maximum absolute atomic E-state index is 13.0. The zero-order valence-electron chi connectivity index (χ0n) is 7.91. The van der Waals surface area contributed by atoms with E-state index in [1.807, 2.05) is 0 Å². The van der Waals surface area contributed by atoms with Crippen LogP contribution in [0.4, 0.5) is 4.39 Å². The normalized spacial score (nSPS) is 10.8. The summed E-state index contributed by atoms with van der Waals surface area (Å²) < 4.78 is 13.0. The molecule has 4 heteroatoms. The van der Waals surface area contributed by atoms with Gasteiger partial charge in [-0.2, -0.15) is 0 Å². The number of benzene rings is 1. The number of hydrogen-bond acceptors (Lipinski definition) is 1. The topological polar surface area (TPSA) is 37.3 Å². The van der Waals surface area contributed by atoms with Gasteiger partial charge in [0.1, 0.15) is 5.82 Å². The first kappa shape index (κ1) is 11.7. The standard InChI is InChI=1S/C11H10ClFO2/c12-9-6-5-8(7-10(9)13)3-1-2-4-11(14)15/h1,3,5-7H,2,4H2,(H,14,15). The number of hydrogen-bond donors (Lipinski definition) is 1. The maximum atomic E-state index is 13.0. The fraction of sp³-hybridized carbons (Fsp3) is 0.182. The highest BCUT2D eigenvalue weighted by Gasteiger charge is 1.98. The van der Waals surface area contributed by atoms with Crippen LogP contribution in [0.1, 0.15) is 18.4 Å². The summed E-state index contributed by atoms with van der Waals surface area (Å²) in [6.07, 6.45) is 3.87. The van der Waals surface area contributed by atoms with Crippen LogP contribution in [0.3, 0.4) is 0 Å². The van der Waals surface area contributed by atoms with Crippen molar-refractivity contribution < 1.29 is 14.3 Å². The Kier molecular flexibility index (Phi) is 4.31. The first-order valence-electron chi connectivity index (χ1n) is 4.43. The summed E-state index contributed by atoms with van der Waals surface area (Å²) in [6.45, 7) is 0. The largest absolute Gasteiger partial charge is 0.481 e. The van der Waals surface area contributed by atoms with Crippen molar-refractivity contribution >= 4 is 23.6 Å². The van der Waals surface area contributed by atoms with Gasteiger partial charge in [-0.05, 0) is 24.1 Å². The molecule has 1 aromatic rings. The Balaban J connectivity index is 2.57. The van der Waals surface area contributed by atoms with E-state index in [0.29, 0.717) is 12.0 Å². The summed E-state index contributed by atoms with van der Waals surface area (Å²) >= 11 is 5.51. The quantitative estimate of drug-likeness (QED) is 0.858. The summed E-state index contributed by atoms with van der Waals surface area (Å²) in [4.78, 5) is 10.2. The van der Waals surface area contributed by atoms with Crippen LogP contribution in [0, 0.1) is 5.82 Å². The molecular formula is C11H10ClFO2. The molecule has 0 spiro atoms. The Hall–Kier alpha value is -1.35. The van der Waals surface area contributed by atoms with Gasteiger partial charge in [-0.3, -0.25) is 4.79 Å². The molecule has 0 heterocycles. The van der Waals surface area contributed by atoms with Crippen LogP contribution in [0.25, 0.3) is 6.08 Å². The zero-order chi connectivity index (χ0) is 11.3. The van der Waals surface area contributed by atoms with Crippen molar-refractivity contribution in [1.29, 1.82) is 0 Å². The second-order valence-corrected chi connectivity index (χ2v) is 3.42. The lowest BCUT2D eigenvalue weighted by molar-refractivity contribution is -0.136. The second kappa shape index (κ2) is 5.51. The average molecular weight is 229 g/mol. The van der Waals surface area contributed by atoms with Crippen molar-refractivity contribution in [2.24, 2.45) is 0 Å². The van der Waals surface area contributed by atoms with Gasteiger partial charge >= 0.3 is 5.97 Å². The predicted octanol–water partition coefficient (Wildman–Crippen LogP) is 3.36. The number of carboxylic acids is 1. The van der Waals surface area contributed by atoms with Gasteiger partial charge in [0.2, 0.25) is 0 Å². The number of carboxylic acid groups (broad SMARTS) is 1. The highest BCUT2D eigenvalue weighted by atomic mass is 35.5. The van der Waals surface area contributed by atoms with E-state index in [1.54, 1.807) is 18.2 Å². The van der Waals surface area contributed by atoms with Crippen molar-refractivity contribution in [3.63, 3.8) is 0 Å². The molecule has 0 saturated carbocycles. The molecule has 0 fully saturated rings. The van der Waals surface area contributed by atoms with Crippen LogP contribution in [0.15, 0.2) is 24.3 Å². The molecule has 1 N–H and O–H groups in total. The maximum Gasteiger partial charge on any atom is 0.303 e. The van der Waals surface area contributed by atoms with Gasteiger partial charge in [0, 0.05) is 6.42 Å². The Labute approximate surface area is 92.0 Å². The molecule has 2 nitrogen and oxygen atoms in total. The van der Waals surface area contributed by atoms with E-state index in [2.05, 4.69) is 0 Å². The van der Waals surface area contributed by atoms with Crippen molar-refractivity contribution in [3.05, 3.63) is 40.7 Å². The van der Waals surface area contributed by atoms with Crippen LogP contribution >= 0.6 is 11.6 Å². The van der Waals surface area contributed by atoms with Crippen molar-refractivity contribution in [1.82, 2.24) is 0 Å². The number of carbonyl (C=O) groups is 1. The minimum Gasteiger partial charge on any atom is -0.481 e. The number of aliphatic carboxylic acids is 1. The summed E-state index contributed by atoms with van der Waals surface area (Å²) in [5.41, 5.74) is 0.669. The van der Waals surface area contributed by atoms with E-state index in [1.165, 1.54) is 12.1 Å². The van der Waals surface area contributed by atoms with Crippen molar-refractivity contribution in [2.75, 3.05) is 0 Å². The average Bonchev–Trinajstić information content (AvgIpc) is 2.18. The summed E-state index contributed by atoms with van der Waals surface area (Å²) in [5, 5.41) is 8.46. The van der Waals surface area contributed by atoms with Crippen LogP contribution in [0.5, 0.6) is 0 Å². The highest BCUT2D eigenvalue weighted by Crippen LogP contribution is 2.16. The van der Waals surface area contributed by atoms with Gasteiger partial charge in [0.15, 0.2) is 0 Å². The Bertz CT molecular complexity index is 388. The van der Waals surface area contributed by atoms with Gasteiger partial charge in [0.05, 0.1) is 5.02 Å². The SMILES string of the molecule is O=C(O)CCC=Cc1ccc(Cl)c(F)c1. The number of allylic oxidation sites excluding steroid dienone is 1. The van der Waals surface area contributed by atoms with Crippen molar-refractivity contribution in [2.45, 2.75) is 12.8 Å². The van der Waals surface area contributed by atoms with Crippen LogP contribution in [-0.4, -0.2) is 11.1 Å². The number of halogens is 2. The smallest absolute Gasteiger partial charge is 0.303 e. The molecular weight excluding hydrogens is 219 g/mol. The summed E-state index contributed by atoms with van der Waals surface area (Å²) in [6, 6.07) is 4.44. The zero-order valence-corrected chi connectivity index (χ0v) is 8.67. The summed E-state index contributed by atoms with van der Waals surface area (Å²) in [5.74, 6) is -1.32. The summed E-state index contributed by atoms with van der Waals surface area (Å²) in [7, 11) is 0. The molecule has 0 bridgehead atoms. The van der Waals surface area contributed by atoms with Crippen LogP contribution in [0.2, 0.25) is 5.02 Å². The van der Waals surface area contributed by atoms with E-state index >= 15 is 0 Å². The molecule has 0 aromatic heterocycles. The Morgan fingerprint density at radius 3 is 2.87 bits per heavy atom. The van der Waals surface area contributed by atoms with Crippen LogP contribution < -0.4 is 0 Å². The fourth-order valence-electron chi connectivity index (χ4n) is 1.04. The van der Waals surface area contributed by atoms with E-state index in [-0.39, 0.29) is 11.4 Å². The minimum absolute atomic E-state index is 0.0760. The molecule has 0 unspecified atom stereocenters. The minimum atomic E-state index is -0.845. The first-order chi connectivity index (χ1) is 7.09. The van der Waals surface area contributed by atoms with Gasteiger partial charge in [0.25, 0.3) is 0 Å². The van der Waals surface area contributed by atoms with Gasteiger partial charge in [-0.15, -0.1) is 0 Å². The fourth-order valence-corrected chi connectivity index (χ4v) is 1.16. The second-order valence-electron chi connectivity index (χ2n) is 3.01. The first-order valence-corrected chi connectivity index (χ1v) is 4.81. The molecule has 0 saturated heterocycles. The monoisotopic (exact) mass is 228 g/mol. The lowest BCUT2D eigenvalue weighted by atomic mass is 10.2. The van der Waals surface area contributed by atoms with Gasteiger partial charge < -0.3 is 5.11 Å². The van der Waals surface area contributed by atoms with Crippen molar-refractivity contribution in [3.8, 4) is 0 Å². The number of rotatable bonds is 4. The molecule has 1 aromatic carbocycles. The third-order valence-electron chi connectivity index (χ3n) is 1.78.